The van der Waals surface area contributed by atoms with Crippen LogP contribution in [0.4, 0.5) is 0 Å². The van der Waals surface area contributed by atoms with Crippen LogP contribution in [0.3, 0.4) is 0 Å². The van der Waals surface area contributed by atoms with Gasteiger partial charge < -0.3 is 47.4 Å². The second-order valence-electron chi connectivity index (χ2n) is 7.59. The molecule has 220 valence electrons. The van der Waals surface area contributed by atoms with Gasteiger partial charge in [-0.2, -0.15) is 0 Å². The van der Waals surface area contributed by atoms with E-state index in [1.165, 1.54) is 7.11 Å². The van der Waals surface area contributed by atoms with E-state index in [2.05, 4.69) is 11.7 Å². The van der Waals surface area contributed by atoms with Crippen LogP contribution in [-0.4, -0.2) is 131 Å². The highest BCUT2D eigenvalue weighted by Crippen LogP contribution is 2.00. The van der Waals surface area contributed by atoms with Crippen molar-refractivity contribution in [1.29, 1.82) is 0 Å². The molecule has 37 heavy (non-hydrogen) atoms. The van der Waals surface area contributed by atoms with Crippen molar-refractivity contribution >= 4 is 11.9 Å². The third-order valence-corrected chi connectivity index (χ3v) is 4.53. The molecule has 12 nitrogen and oxygen atoms in total. The molecular formula is C25H48O12. The molecule has 0 aliphatic rings. The molecule has 0 aliphatic carbocycles. The van der Waals surface area contributed by atoms with Crippen LogP contribution in [0.1, 0.15) is 32.6 Å². The molecule has 0 N–H and O–H groups in total. The van der Waals surface area contributed by atoms with Crippen LogP contribution < -0.4 is 0 Å². The number of ether oxygens (including phenoxy) is 10. The zero-order valence-corrected chi connectivity index (χ0v) is 22.7. The normalized spacial score (nSPS) is 11.1. The first-order chi connectivity index (χ1) is 18.2. The predicted octanol–water partition coefficient (Wildman–Crippen LogP) is 1.42. The van der Waals surface area contributed by atoms with Gasteiger partial charge in [0.15, 0.2) is 0 Å². The fourth-order valence-corrected chi connectivity index (χ4v) is 2.56. The molecule has 0 unspecified atom stereocenters. The molecule has 0 aromatic heterocycles. The minimum Gasteiger partial charge on any atom is -0.467 e. The van der Waals surface area contributed by atoms with Crippen molar-refractivity contribution in [3.63, 3.8) is 0 Å². The van der Waals surface area contributed by atoms with E-state index in [-0.39, 0.29) is 19.2 Å². The van der Waals surface area contributed by atoms with Gasteiger partial charge >= 0.3 is 11.9 Å². The van der Waals surface area contributed by atoms with Crippen molar-refractivity contribution in [2.24, 2.45) is 0 Å². The Morgan fingerprint density at radius 2 is 0.811 bits per heavy atom. The van der Waals surface area contributed by atoms with Crippen molar-refractivity contribution in [3.8, 4) is 0 Å². The predicted molar refractivity (Wildman–Crippen MR) is 134 cm³/mol. The summed E-state index contributed by atoms with van der Waals surface area (Å²) in [4.78, 5) is 22.2. The summed E-state index contributed by atoms with van der Waals surface area (Å²) < 4.78 is 52.3. The van der Waals surface area contributed by atoms with E-state index >= 15 is 0 Å². The minimum atomic E-state index is -0.409. The molecule has 0 radical (unpaired) electrons. The Kier molecular flexibility index (Phi) is 29.7. The highest BCUT2D eigenvalue weighted by Gasteiger charge is 2.02. The van der Waals surface area contributed by atoms with Crippen molar-refractivity contribution < 1.29 is 57.0 Å². The van der Waals surface area contributed by atoms with E-state index in [9.17, 15) is 9.59 Å². The number of rotatable bonds is 30. The van der Waals surface area contributed by atoms with Crippen LogP contribution in [-0.2, 0) is 57.0 Å². The van der Waals surface area contributed by atoms with Gasteiger partial charge in [-0.3, -0.25) is 4.79 Å². The zero-order chi connectivity index (χ0) is 27.1. The molecule has 0 aliphatic heterocycles. The Hall–Kier alpha value is -1.38. The molecule has 0 aromatic rings. The smallest absolute Gasteiger partial charge is 0.331 e. The molecular weight excluding hydrogens is 492 g/mol. The molecule has 0 fully saturated rings. The SMILES string of the molecule is CCCCCC(=O)OCCOCCOCCOCCOCCOCCOCCOCCOCC(=O)OC. The highest BCUT2D eigenvalue weighted by atomic mass is 16.6. The molecule has 0 aromatic carbocycles. The van der Waals surface area contributed by atoms with Gasteiger partial charge in [-0.1, -0.05) is 19.8 Å². The third kappa shape index (κ3) is 30.7. The van der Waals surface area contributed by atoms with Gasteiger partial charge in [-0.15, -0.1) is 0 Å². The van der Waals surface area contributed by atoms with E-state index in [0.29, 0.717) is 106 Å². The van der Waals surface area contributed by atoms with Gasteiger partial charge in [0.1, 0.15) is 13.2 Å². The summed E-state index contributed by atoms with van der Waals surface area (Å²) in [6.45, 7) is 9.08. The van der Waals surface area contributed by atoms with Gasteiger partial charge in [0.25, 0.3) is 0 Å². The number of esters is 2. The number of hydrogen-bond acceptors (Lipinski definition) is 12. The lowest BCUT2D eigenvalue weighted by molar-refractivity contribution is -0.146. The van der Waals surface area contributed by atoms with Crippen LogP contribution in [0.5, 0.6) is 0 Å². The second-order valence-corrected chi connectivity index (χ2v) is 7.59. The Morgan fingerprint density at radius 1 is 0.459 bits per heavy atom. The Balaban J connectivity index is 3.08. The van der Waals surface area contributed by atoms with Crippen molar-refractivity contribution in [2.75, 3.05) is 119 Å². The van der Waals surface area contributed by atoms with Gasteiger partial charge in [-0.05, 0) is 6.42 Å². The Morgan fingerprint density at radius 3 is 1.16 bits per heavy atom. The van der Waals surface area contributed by atoms with Gasteiger partial charge in [0.2, 0.25) is 0 Å². The van der Waals surface area contributed by atoms with E-state index < -0.39 is 5.97 Å². The van der Waals surface area contributed by atoms with E-state index in [1.807, 2.05) is 0 Å². The molecule has 0 saturated carbocycles. The molecule has 0 atom stereocenters. The van der Waals surface area contributed by atoms with Crippen molar-refractivity contribution in [3.05, 3.63) is 0 Å². The molecule has 0 amide bonds. The highest BCUT2D eigenvalue weighted by molar-refractivity contribution is 5.70. The van der Waals surface area contributed by atoms with Crippen LogP contribution in [0.15, 0.2) is 0 Å². The summed E-state index contributed by atoms with van der Waals surface area (Å²) in [7, 11) is 1.31. The van der Waals surface area contributed by atoms with Crippen LogP contribution >= 0.6 is 0 Å². The molecule has 0 bridgehead atoms. The molecule has 0 spiro atoms. The Bertz CT molecular complexity index is 492. The van der Waals surface area contributed by atoms with Crippen LogP contribution in [0, 0.1) is 0 Å². The first-order valence-electron chi connectivity index (χ1n) is 13.0. The molecule has 12 heteroatoms. The average Bonchev–Trinajstić information content (AvgIpc) is 2.90. The lowest BCUT2D eigenvalue weighted by atomic mass is 10.2. The summed E-state index contributed by atoms with van der Waals surface area (Å²) in [5, 5.41) is 0. The summed E-state index contributed by atoms with van der Waals surface area (Å²) >= 11 is 0. The van der Waals surface area contributed by atoms with Gasteiger partial charge in [0.05, 0.1) is 106 Å². The summed E-state index contributed by atoms with van der Waals surface area (Å²) in [6.07, 6.45) is 3.49. The van der Waals surface area contributed by atoms with E-state index in [4.69, 9.17) is 42.6 Å². The maximum absolute atomic E-state index is 11.4. The molecule has 0 heterocycles. The Labute approximate surface area is 221 Å². The number of carbonyl (C=O) groups is 2. The number of unbranched alkanes of at least 4 members (excludes halogenated alkanes) is 2. The maximum Gasteiger partial charge on any atom is 0.331 e. The second kappa shape index (κ2) is 30.8. The monoisotopic (exact) mass is 540 g/mol. The molecule has 0 rings (SSSR count). The number of hydrogen-bond donors (Lipinski definition) is 0. The summed E-state index contributed by atoms with van der Waals surface area (Å²) in [6, 6.07) is 0. The molecule has 0 saturated heterocycles. The maximum atomic E-state index is 11.4. The van der Waals surface area contributed by atoms with E-state index in [1.54, 1.807) is 0 Å². The van der Waals surface area contributed by atoms with Crippen LogP contribution in [0.25, 0.3) is 0 Å². The standard InChI is InChI=1S/C25H48O12/c1-3-4-5-6-24(26)37-22-21-35-18-17-33-14-13-31-10-9-29-7-8-30-11-12-32-15-16-34-19-20-36-23-25(27)28-2/h3-23H2,1-2H3. The third-order valence-electron chi connectivity index (χ3n) is 4.53. The average molecular weight is 541 g/mol. The van der Waals surface area contributed by atoms with Crippen molar-refractivity contribution in [1.82, 2.24) is 0 Å². The summed E-state index contributed by atoms with van der Waals surface area (Å²) in [5.41, 5.74) is 0. The topological polar surface area (TPSA) is 126 Å². The fraction of sp³-hybridized carbons (Fsp3) is 0.920. The fourth-order valence-electron chi connectivity index (χ4n) is 2.56. The largest absolute Gasteiger partial charge is 0.467 e. The van der Waals surface area contributed by atoms with E-state index in [0.717, 1.165) is 19.3 Å². The summed E-state index contributed by atoms with van der Waals surface area (Å²) in [5.74, 6) is -0.571. The lowest BCUT2D eigenvalue weighted by Gasteiger charge is -2.09. The van der Waals surface area contributed by atoms with Crippen molar-refractivity contribution in [2.45, 2.75) is 32.6 Å². The van der Waals surface area contributed by atoms with Crippen LogP contribution in [0.2, 0.25) is 0 Å². The lowest BCUT2D eigenvalue weighted by Crippen LogP contribution is -2.16. The number of carbonyl (C=O) groups excluding carboxylic acids is 2. The zero-order valence-electron chi connectivity index (χ0n) is 22.7. The van der Waals surface area contributed by atoms with Gasteiger partial charge in [0, 0.05) is 6.42 Å². The minimum absolute atomic E-state index is 0.0706. The number of methoxy groups -OCH3 is 1. The quantitative estimate of drug-likeness (QED) is 0.0966. The van der Waals surface area contributed by atoms with Gasteiger partial charge in [-0.25, -0.2) is 4.79 Å². The first kappa shape index (κ1) is 35.6. The first-order valence-corrected chi connectivity index (χ1v) is 13.0.